The lowest BCUT2D eigenvalue weighted by molar-refractivity contribution is 0.218. The number of aliphatic hydroxyl groups excluding tert-OH is 1. The van der Waals surface area contributed by atoms with Crippen LogP contribution >= 0.6 is 11.6 Å². The average Bonchev–Trinajstić information content (AvgIpc) is 3.07. The highest BCUT2D eigenvalue weighted by Gasteiger charge is 2.14. The fraction of sp³-hybridized carbons (Fsp3) is 0.308. The maximum Gasteiger partial charge on any atom is 0.138 e. The number of rotatable bonds is 4. The molecule has 6 nitrogen and oxygen atoms in total. The van der Waals surface area contributed by atoms with Crippen LogP contribution in [0.5, 0.6) is 0 Å². The van der Waals surface area contributed by atoms with Crippen molar-refractivity contribution in [1.29, 1.82) is 0 Å². The van der Waals surface area contributed by atoms with Crippen molar-refractivity contribution < 1.29 is 5.11 Å². The van der Waals surface area contributed by atoms with E-state index >= 15 is 0 Å². The van der Waals surface area contributed by atoms with E-state index < -0.39 is 0 Å². The van der Waals surface area contributed by atoms with Gasteiger partial charge in [0.15, 0.2) is 0 Å². The van der Waals surface area contributed by atoms with E-state index in [0.29, 0.717) is 17.3 Å². The maximum absolute atomic E-state index is 9.08. The van der Waals surface area contributed by atoms with Crippen molar-refractivity contribution in [2.24, 2.45) is 5.92 Å². The van der Waals surface area contributed by atoms with Gasteiger partial charge in [-0.3, -0.25) is 4.68 Å². The molecule has 0 aliphatic carbocycles. The molecule has 0 aliphatic heterocycles. The molecule has 104 valence electrons. The normalized spacial score (nSPS) is 12.9. The van der Waals surface area contributed by atoms with Gasteiger partial charge in [-0.2, -0.15) is 0 Å². The van der Waals surface area contributed by atoms with E-state index in [9.17, 15) is 0 Å². The minimum absolute atomic E-state index is 0.118. The van der Waals surface area contributed by atoms with Gasteiger partial charge in [-0.1, -0.05) is 23.7 Å². The highest BCUT2D eigenvalue weighted by molar-refractivity contribution is 6.34. The minimum Gasteiger partial charge on any atom is -0.396 e. The first kappa shape index (κ1) is 13.1. The molecular formula is C13H14ClN5O. The number of pyridine rings is 1. The number of fused-ring (bicyclic) bond motifs is 1. The summed E-state index contributed by atoms with van der Waals surface area (Å²) in [5, 5.41) is 18.8. The first-order chi connectivity index (χ1) is 9.69. The van der Waals surface area contributed by atoms with E-state index in [1.54, 1.807) is 10.9 Å². The molecule has 2 N–H and O–H groups in total. The molecule has 1 atom stereocenters. The summed E-state index contributed by atoms with van der Waals surface area (Å²) in [7, 11) is 0. The number of hydrogen-bond donors (Lipinski definition) is 2. The highest BCUT2D eigenvalue weighted by atomic mass is 35.5. The average molecular weight is 292 g/mol. The van der Waals surface area contributed by atoms with Gasteiger partial charge >= 0.3 is 0 Å². The zero-order chi connectivity index (χ0) is 14.1. The Morgan fingerprint density at radius 1 is 1.50 bits per heavy atom. The third-order valence-electron chi connectivity index (χ3n) is 3.15. The third-order valence-corrected chi connectivity index (χ3v) is 3.43. The van der Waals surface area contributed by atoms with Crippen molar-refractivity contribution in [3.8, 4) is 11.3 Å². The number of aromatic nitrogens is 5. The molecule has 0 saturated carbocycles. The molecule has 20 heavy (non-hydrogen) atoms. The summed E-state index contributed by atoms with van der Waals surface area (Å²) in [6, 6.07) is 1.92. The van der Waals surface area contributed by atoms with Gasteiger partial charge in [-0.15, -0.1) is 5.10 Å². The van der Waals surface area contributed by atoms with Crippen LogP contribution in [0.15, 0.2) is 24.7 Å². The lowest BCUT2D eigenvalue weighted by Crippen LogP contribution is -2.11. The lowest BCUT2D eigenvalue weighted by atomic mass is 10.1. The Kier molecular flexibility index (Phi) is 3.42. The Labute approximate surface area is 120 Å². The third kappa shape index (κ3) is 2.28. The monoisotopic (exact) mass is 291 g/mol. The van der Waals surface area contributed by atoms with Crippen LogP contribution in [0, 0.1) is 5.92 Å². The second kappa shape index (κ2) is 5.22. The molecule has 3 aromatic rings. The summed E-state index contributed by atoms with van der Waals surface area (Å²) in [6.07, 6.45) is 5.25. The summed E-state index contributed by atoms with van der Waals surface area (Å²) in [5.74, 6) is 0.129. The molecule has 0 amide bonds. The molecule has 0 aliphatic rings. The van der Waals surface area contributed by atoms with Crippen LogP contribution in [0.25, 0.3) is 22.3 Å². The largest absolute Gasteiger partial charge is 0.396 e. The van der Waals surface area contributed by atoms with Crippen molar-refractivity contribution in [1.82, 2.24) is 25.0 Å². The molecule has 0 fully saturated rings. The zero-order valence-electron chi connectivity index (χ0n) is 10.9. The van der Waals surface area contributed by atoms with Crippen molar-refractivity contribution >= 4 is 22.6 Å². The van der Waals surface area contributed by atoms with Gasteiger partial charge in [-0.25, -0.2) is 4.98 Å². The van der Waals surface area contributed by atoms with Crippen molar-refractivity contribution in [3.05, 3.63) is 29.7 Å². The lowest BCUT2D eigenvalue weighted by Gasteiger charge is -2.05. The number of aromatic amines is 1. The van der Waals surface area contributed by atoms with E-state index in [2.05, 4.69) is 20.3 Å². The number of halogens is 1. The predicted molar refractivity (Wildman–Crippen MR) is 76.4 cm³/mol. The molecule has 0 bridgehead atoms. The van der Waals surface area contributed by atoms with Crippen LogP contribution < -0.4 is 0 Å². The molecule has 3 aromatic heterocycles. The number of aliphatic hydroxyl groups is 1. The fourth-order valence-electron chi connectivity index (χ4n) is 2.12. The van der Waals surface area contributed by atoms with E-state index in [0.717, 1.165) is 16.6 Å². The number of hydrogen-bond acceptors (Lipinski definition) is 4. The molecule has 0 saturated heterocycles. The first-order valence-corrected chi connectivity index (χ1v) is 6.69. The molecular weight excluding hydrogens is 278 g/mol. The quantitative estimate of drug-likeness (QED) is 0.771. The van der Waals surface area contributed by atoms with Gasteiger partial charge in [0.25, 0.3) is 0 Å². The fourth-order valence-corrected chi connectivity index (χ4v) is 2.37. The Bertz CT molecular complexity index is 735. The van der Waals surface area contributed by atoms with Crippen LogP contribution in [0.4, 0.5) is 0 Å². The van der Waals surface area contributed by atoms with Crippen LogP contribution in [0.2, 0.25) is 5.02 Å². The minimum atomic E-state index is 0.118. The zero-order valence-corrected chi connectivity index (χ0v) is 11.7. The topological polar surface area (TPSA) is 79.6 Å². The molecule has 7 heteroatoms. The van der Waals surface area contributed by atoms with Gasteiger partial charge < -0.3 is 10.1 Å². The van der Waals surface area contributed by atoms with E-state index in [1.165, 1.54) is 0 Å². The van der Waals surface area contributed by atoms with E-state index in [1.807, 2.05) is 25.4 Å². The summed E-state index contributed by atoms with van der Waals surface area (Å²) in [4.78, 5) is 7.27. The van der Waals surface area contributed by atoms with Gasteiger partial charge in [-0.05, 0) is 12.0 Å². The SMILES string of the molecule is C[C@@H](CO)Cn1cc(-c2c(Cl)cnc3[nH]ccc23)nn1. The second-order valence-corrected chi connectivity index (χ2v) is 5.24. The van der Waals surface area contributed by atoms with Gasteiger partial charge in [0.05, 0.1) is 11.2 Å². The molecule has 0 radical (unpaired) electrons. The predicted octanol–water partition coefficient (Wildman–Crippen LogP) is 2.10. The standard InChI is InChI=1S/C13H14ClN5O/c1-8(7-20)5-19-6-11(17-18-19)12-9-2-3-15-13(9)16-4-10(12)14/h2-4,6,8,20H,5,7H2,1H3,(H,15,16)/t8-/m1/s1. The van der Waals surface area contributed by atoms with Crippen LogP contribution in [0.3, 0.4) is 0 Å². The summed E-state index contributed by atoms with van der Waals surface area (Å²) in [5.41, 5.74) is 2.29. The Morgan fingerprint density at radius 2 is 2.35 bits per heavy atom. The van der Waals surface area contributed by atoms with Gasteiger partial charge in [0.2, 0.25) is 0 Å². The summed E-state index contributed by atoms with van der Waals surface area (Å²) >= 11 is 6.24. The summed E-state index contributed by atoms with van der Waals surface area (Å²) in [6.45, 7) is 2.68. The number of nitrogens with zero attached hydrogens (tertiary/aromatic N) is 4. The number of nitrogens with one attached hydrogen (secondary N) is 1. The molecule has 0 spiro atoms. The maximum atomic E-state index is 9.08. The van der Waals surface area contributed by atoms with E-state index in [4.69, 9.17) is 16.7 Å². The van der Waals surface area contributed by atoms with Crippen molar-refractivity contribution in [3.63, 3.8) is 0 Å². The highest BCUT2D eigenvalue weighted by Crippen LogP contribution is 2.32. The Morgan fingerprint density at radius 3 is 3.15 bits per heavy atom. The van der Waals surface area contributed by atoms with E-state index in [-0.39, 0.29) is 12.5 Å². The molecule has 3 heterocycles. The second-order valence-electron chi connectivity index (χ2n) is 4.83. The van der Waals surface area contributed by atoms with Gasteiger partial charge in [0.1, 0.15) is 11.3 Å². The number of H-pyrrole nitrogens is 1. The molecule has 0 aromatic carbocycles. The molecule has 0 unspecified atom stereocenters. The molecule has 3 rings (SSSR count). The summed E-state index contributed by atoms with van der Waals surface area (Å²) < 4.78 is 1.71. The van der Waals surface area contributed by atoms with Crippen LogP contribution in [-0.2, 0) is 6.54 Å². The Balaban J connectivity index is 2.03. The van der Waals surface area contributed by atoms with Crippen LogP contribution in [0.1, 0.15) is 6.92 Å². The van der Waals surface area contributed by atoms with Crippen LogP contribution in [-0.4, -0.2) is 36.7 Å². The first-order valence-electron chi connectivity index (χ1n) is 6.32. The van der Waals surface area contributed by atoms with Crippen molar-refractivity contribution in [2.45, 2.75) is 13.5 Å². The Hall–Kier alpha value is -1.92. The van der Waals surface area contributed by atoms with Crippen molar-refractivity contribution in [2.75, 3.05) is 6.61 Å². The van der Waals surface area contributed by atoms with Gasteiger partial charge in [0, 0.05) is 36.5 Å². The smallest absolute Gasteiger partial charge is 0.138 e.